The Morgan fingerprint density at radius 1 is 1.22 bits per heavy atom. The summed E-state index contributed by atoms with van der Waals surface area (Å²) in [4.78, 5) is 18.6. The maximum Gasteiger partial charge on any atom is 0.224 e. The van der Waals surface area contributed by atoms with E-state index in [9.17, 15) is 9.90 Å². The lowest BCUT2D eigenvalue weighted by Crippen LogP contribution is -2.45. The molecular weight excluding hydrogens is 455 g/mol. The van der Waals surface area contributed by atoms with Crippen LogP contribution in [0.1, 0.15) is 44.6 Å². The summed E-state index contributed by atoms with van der Waals surface area (Å²) in [6.45, 7) is 3.89. The molecule has 1 aromatic carbocycles. The van der Waals surface area contributed by atoms with Crippen molar-refractivity contribution in [2.24, 2.45) is 4.99 Å². The number of nitrogens with one attached hydrogen (secondary N) is 2. The van der Waals surface area contributed by atoms with Gasteiger partial charge in [0.25, 0.3) is 0 Å². The molecule has 152 valence electrons. The van der Waals surface area contributed by atoms with E-state index >= 15 is 0 Å². The van der Waals surface area contributed by atoms with E-state index in [1.54, 1.807) is 4.90 Å². The van der Waals surface area contributed by atoms with Gasteiger partial charge in [-0.3, -0.25) is 9.79 Å². The van der Waals surface area contributed by atoms with Gasteiger partial charge < -0.3 is 20.6 Å². The Morgan fingerprint density at radius 2 is 1.89 bits per heavy atom. The molecule has 0 atom stereocenters. The lowest BCUT2D eigenvalue weighted by Gasteiger charge is -2.27. The summed E-state index contributed by atoms with van der Waals surface area (Å²) in [7, 11) is 1.83. The fourth-order valence-electron chi connectivity index (χ4n) is 3.13. The number of aliphatic imine (C=N–C) groups is 1. The topological polar surface area (TPSA) is 77.0 Å². The second kappa shape index (κ2) is 12.9. The minimum Gasteiger partial charge on any atom is -0.393 e. The third-order valence-electron chi connectivity index (χ3n) is 4.67. The van der Waals surface area contributed by atoms with Gasteiger partial charge in [0.1, 0.15) is 0 Å². The molecule has 1 aliphatic carbocycles. The van der Waals surface area contributed by atoms with E-state index in [1.807, 2.05) is 44.3 Å². The van der Waals surface area contributed by atoms with Crippen molar-refractivity contribution in [1.29, 1.82) is 0 Å². The molecular formula is C20H33IN4O2. The van der Waals surface area contributed by atoms with E-state index in [1.165, 1.54) is 0 Å². The van der Waals surface area contributed by atoms with Crippen LogP contribution in [0.2, 0.25) is 0 Å². The highest BCUT2D eigenvalue weighted by molar-refractivity contribution is 14.0. The van der Waals surface area contributed by atoms with Crippen molar-refractivity contribution in [3.63, 3.8) is 0 Å². The zero-order chi connectivity index (χ0) is 18.8. The summed E-state index contributed by atoms with van der Waals surface area (Å²) in [5.41, 5.74) is 1.13. The lowest BCUT2D eigenvalue weighted by atomic mass is 9.93. The van der Waals surface area contributed by atoms with Crippen molar-refractivity contribution in [2.75, 3.05) is 20.1 Å². The van der Waals surface area contributed by atoms with Crippen molar-refractivity contribution >= 4 is 35.8 Å². The molecule has 7 heteroatoms. The van der Waals surface area contributed by atoms with Crippen LogP contribution in [0.3, 0.4) is 0 Å². The number of amides is 1. The Bertz CT molecular complexity index is 575. The zero-order valence-electron chi connectivity index (χ0n) is 16.4. The molecule has 1 aromatic rings. The van der Waals surface area contributed by atoms with Gasteiger partial charge in [-0.05, 0) is 38.2 Å². The normalized spacial score (nSPS) is 19.7. The lowest BCUT2D eigenvalue weighted by molar-refractivity contribution is -0.130. The van der Waals surface area contributed by atoms with Crippen molar-refractivity contribution < 1.29 is 9.90 Å². The van der Waals surface area contributed by atoms with Crippen LogP contribution in [0.25, 0.3) is 0 Å². The first kappa shape index (κ1) is 23.7. The number of nitrogens with zero attached hydrogens (tertiary/aromatic N) is 2. The fourth-order valence-corrected chi connectivity index (χ4v) is 3.13. The number of aliphatic hydroxyl groups excluding tert-OH is 1. The van der Waals surface area contributed by atoms with E-state index < -0.39 is 0 Å². The smallest absolute Gasteiger partial charge is 0.224 e. The molecule has 0 heterocycles. The van der Waals surface area contributed by atoms with E-state index in [2.05, 4.69) is 15.6 Å². The summed E-state index contributed by atoms with van der Waals surface area (Å²) >= 11 is 0. The average Bonchev–Trinajstić information content (AvgIpc) is 2.64. The van der Waals surface area contributed by atoms with Crippen LogP contribution in [-0.4, -0.2) is 54.2 Å². The monoisotopic (exact) mass is 488 g/mol. The van der Waals surface area contributed by atoms with Crippen molar-refractivity contribution in [2.45, 2.75) is 57.7 Å². The quantitative estimate of drug-likeness (QED) is 0.313. The summed E-state index contributed by atoms with van der Waals surface area (Å²) in [5.74, 6) is 0.849. The van der Waals surface area contributed by atoms with Crippen LogP contribution in [0.5, 0.6) is 0 Å². The molecule has 2 rings (SSSR count). The Labute approximate surface area is 179 Å². The molecule has 1 aliphatic rings. The maximum atomic E-state index is 12.3. The minimum atomic E-state index is -0.162. The standard InChI is InChI=1S/C20H32N4O2.HI/c1-3-21-20(23-17-9-11-18(25)12-10-17)22-14-13-19(26)24(2)15-16-7-5-4-6-8-16;/h4-8,17-18,25H,3,9-15H2,1-2H3,(H2,21,22,23);1H. The van der Waals surface area contributed by atoms with Crippen LogP contribution >= 0.6 is 24.0 Å². The first-order valence-electron chi connectivity index (χ1n) is 9.59. The molecule has 1 saturated carbocycles. The second-order valence-electron chi connectivity index (χ2n) is 6.90. The summed E-state index contributed by atoms with van der Waals surface area (Å²) < 4.78 is 0. The number of carbonyl (C=O) groups is 1. The third kappa shape index (κ3) is 8.92. The molecule has 1 amide bonds. The Kier molecular flexibility index (Phi) is 11.3. The van der Waals surface area contributed by atoms with Gasteiger partial charge in [-0.2, -0.15) is 0 Å². The first-order valence-corrected chi connectivity index (χ1v) is 9.59. The highest BCUT2D eigenvalue weighted by atomic mass is 127. The van der Waals surface area contributed by atoms with Crippen LogP contribution in [0.15, 0.2) is 35.3 Å². The molecule has 0 spiro atoms. The molecule has 3 N–H and O–H groups in total. The van der Waals surface area contributed by atoms with Gasteiger partial charge in [-0.15, -0.1) is 24.0 Å². The predicted octanol–water partition coefficient (Wildman–Crippen LogP) is 2.51. The molecule has 0 bridgehead atoms. The van der Waals surface area contributed by atoms with Crippen LogP contribution in [0.4, 0.5) is 0 Å². The highest BCUT2D eigenvalue weighted by Crippen LogP contribution is 2.18. The molecule has 0 aromatic heterocycles. The first-order chi connectivity index (χ1) is 12.6. The van der Waals surface area contributed by atoms with E-state index in [-0.39, 0.29) is 36.0 Å². The summed E-state index contributed by atoms with van der Waals surface area (Å²) in [5, 5.41) is 16.3. The molecule has 0 unspecified atom stereocenters. The number of aliphatic hydroxyl groups is 1. The van der Waals surface area contributed by atoms with Crippen LogP contribution < -0.4 is 10.6 Å². The fraction of sp³-hybridized carbons (Fsp3) is 0.600. The molecule has 6 nitrogen and oxygen atoms in total. The van der Waals surface area contributed by atoms with E-state index in [0.29, 0.717) is 25.6 Å². The van der Waals surface area contributed by atoms with Crippen molar-refractivity contribution in [3.05, 3.63) is 35.9 Å². The maximum absolute atomic E-state index is 12.3. The van der Waals surface area contributed by atoms with Crippen molar-refractivity contribution in [1.82, 2.24) is 15.5 Å². The average molecular weight is 488 g/mol. The Morgan fingerprint density at radius 3 is 2.52 bits per heavy atom. The van der Waals surface area contributed by atoms with Gasteiger partial charge in [-0.25, -0.2) is 0 Å². The summed E-state index contributed by atoms with van der Waals surface area (Å²) in [6, 6.07) is 10.3. The summed E-state index contributed by atoms with van der Waals surface area (Å²) in [6.07, 6.45) is 3.79. The zero-order valence-corrected chi connectivity index (χ0v) is 18.7. The Balaban J connectivity index is 0.00000364. The highest BCUT2D eigenvalue weighted by Gasteiger charge is 2.20. The largest absolute Gasteiger partial charge is 0.393 e. The minimum absolute atomic E-state index is 0. The second-order valence-corrected chi connectivity index (χ2v) is 6.90. The van der Waals surface area contributed by atoms with Gasteiger partial charge in [-0.1, -0.05) is 30.3 Å². The van der Waals surface area contributed by atoms with E-state index in [4.69, 9.17) is 0 Å². The van der Waals surface area contributed by atoms with Crippen LogP contribution in [-0.2, 0) is 11.3 Å². The third-order valence-corrected chi connectivity index (χ3v) is 4.67. The molecule has 0 radical (unpaired) electrons. The van der Waals surface area contributed by atoms with Gasteiger partial charge in [0.15, 0.2) is 5.96 Å². The number of hydrogen-bond acceptors (Lipinski definition) is 3. The van der Waals surface area contributed by atoms with Gasteiger partial charge in [0.2, 0.25) is 5.91 Å². The molecule has 0 saturated heterocycles. The predicted molar refractivity (Wildman–Crippen MR) is 120 cm³/mol. The molecule has 27 heavy (non-hydrogen) atoms. The van der Waals surface area contributed by atoms with Gasteiger partial charge >= 0.3 is 0 Å². The van der Waals surface area contributed by atoms with Crippen LogP contribution in [0, 0.1) is 0 Å². The molecule has 0 aliphatic heterocycles. The number of hydrogen-bond donors (Lipinski definition) is 3. The van der Waals surface area contributed by atoms with Gasteiger partial charge in [0.05, 0.1) is 12.6 Å². The number of benzene rings is 1. The number of rotatable bonds is 7. The Hall–Kier alpha value is -1.35. The SMILES string of the molecule is CCNC(=NCCC(=O)N(C)Cc1ccccc1)NC1CCC(O)CC1.I. The molecule has 1 fully saturated rings. The number of halogens is 1. The number of guanidine groups is 1. The van der Waals surface area contributed by atoms with Crippen molar-refractivity contribution in [3.8, 4) is 0 Å². The van der Waals surface area contributed by atoms with E-state index in [0.717, 1.165) is 43.8 Å². The number of carbonyl (C=O) groups excluding carboxylic acids is 1. The van der Waals surface area contributed by atoms with Gasteiger partial charge in [0, 0.05) is 32.6 Å².